The van der Waals surface area contributed by atoms with Crippen LogP contribution in [0.3, 0.4) is 0 Å². The smallest absolute Gasteiger partial charge is 0.237 e. The first-order valence-corrected chi connectivity index (χ1v) is 10.9. The van der Waals surface area contributed by atoms with Gasteiger partial charge in [0.05, 0.1) is 18.7 Å². The monoisotopic (exact) mass is 431 g/mol. The fourth-order valence-electron chi connectivity index (χ4n) is 4.08. The van der Waals surface area contributed by atoms with E-state index in [0.717, 1.165) is 23.2 Å². The molecule has 0 saturated carbocycles. The van der Waals surface area contributed by atoms with Gasteiger partial charge in [-0.05, 0) is 16.7 Å². The summed E-state index contributed by atoms with van der Waals surface area (Å²) in [4.78, 5) is 29.2. The first kappa shape index (κ1) is 21.8. The maximum Gasteiger partial charge on any atom is 0.237 e. The molecule has 1 aromatic heterocycles. The lowest BCUT2D eigenvalue weighted by Gasteiger charge is -2.35. The molecule has 1 N–H and O–H groups in total. The SMILES string of the molecule is CN(Cc1cnn(C)c1)C(=O)C[C@H]1C(=O)NCCN1Cc1ccc(-c2ccccc2)cc1. The van der Waals surface area contributed by atoms with E-state index in [9.17, 15) is 9.59 Å². The molecule has 1 atom stereocenters. The number of carbonyl (C=O) groups excluding carboxylic acids is 2. The van der Waals surface area contributed by atoms with E-state index in [2.05, 4.69) is 51.7 Å². The summed E-state index contributed by atoms with van der Waals surface area (Å²) in [6.45, 7) is 2.42. The average Bonchev–Trinajstić information content (AvgIpc) is 3.21. The first-order valence-electron chi connectivity index (χ1n) is 10.9. The minimum absolute atomic E-state index is 0.0553. The third-order valence-corrected chi connectivity index (χ3v) is 5.86. The zero-order valence-corrected chi connectivity index (χ0v) is 18.6. The average molecular weight is 432 g/mol. The highest BCUT2D eigenvalue weighted by Crippen LogP contribution is 2.21. The molecule has 0 unspecified atom stereocenters. The topological polar surface area (TPSA) is 70.5 Å². The Bertz CT molecular complexity index is 1060. The third kappa shape index (κ3) is 5.23. The van der Waals surface area contributed by atoms with Crippen LogP contribution in [0.2, 0.25) is 0 Å². The van der Waals surface area contributed by atoms with Crippen molar-refractivity contribution in [1.29, 1.82) is 0 Å². The first-order chi connectivity index (χ1) is 15.5. The zero-order chi connectivity index (χ0) is 22.5. The number of benzene rings is 2. The number of rotatable bonds is 7. The molecular weight excluding hydrogens is 402 g/mol. The summed E-state index contributed by atoms with van der Waals surface area (Å²) in [7, 11) is 3.62. The highest BCUT2D eigenvalue weighted by Gasteiger charge is 2.32. The van der Waals surface area contributed by atoms with Gasteiger partial charge >= 0.3 is 0 Å². The third-order valence-electron chi connectivity index (χ3n) is 5.86. The van der Waals surface area contributed by atoms with Gasteiger partial charge in [-0.3, -0.25) is 19.2 Å². The Hall–Kier alpha value is -3.45. The molecule has 1 fully saturated rings. The number of carbonyl (C=O) groups is 2. The second kappa shape index (κ2) is 9.78. The largest absolute Gasteiger partial charge is 0.353 e. The van der Waals surface area contributed by atoms with Crippen LogP contribution in [0.5, 0.6) is 0 Å². The molecule has 0 radical (unpaired) electrons. The van der Waals surface area contributed by atoms with Crippen LogP contribution in [0.25, 0.3) is 11.1 Å². The number of hydrogen-bond acceptors (Lipinski definition) is 4. The Balaban J connectivity index is 1.41. The van der Waals surface area contributed by atoms with Crippen LogP contribution in [0.15, 0.2) is 67.0 Å². The summed E-state index contributed by atoms with van der Waals surface area (Å²) < 4.78 is 1.72. The number of aryl methyl sites for hydroxylation is 1. The maximum atomic E-state index is 12.9. The number of amides is 2. The van der Waals surface area contributed by atoms with Crippen molar-refractivity contribution >= 4 is 11.8 Å². The van der Waals surface area contributed by atoms with Crippen LogP contribution in [-0.4, -0.2) is 57.6 Å². The standard InChI is InChI=1S/C25H29N5O2/c1-28(16-20-15-27-29(2)17-20)24(31)14-23-25(32)26-12-13-30(23)18-19-8-10-22(11-9-19)21-6-4-3-5-7-21/h3-11,15,17,23H,12-14,16,18H2,1-2H3,(H,26,32)/t23-/m0/s1. The molecule has 32 heavy (non-hydrogen) atoms. The predicted molar refractivity (Wildman–Crippen MR) is 123 cm³/mol. The van der Waals surface area contributed by atoms with E-state index in [1.54, 1.807) is 22.8 Å². The van der Waals surface area contributed by atoms with Crippen LogP contribution in [-0.2, 0) is 29.7 Å². The lowest BCUT2D eigenvalue weighted by atomic mass is 10.0. The van der Waals surface area contributed by atoms with Crippen LogP contribution in [0, 0.1) is 0 Å². The van der Waals surface area contributed by atoms with Gasteiger partial charge in [0, 0.05) is 52.0 Å². The van der Waals surface area contributed by atoms with Crippen LogP contribution in [0.4, 0.5) is 0 Å². The van der Waals surface area contributed by atoms with Gasteiger partial charge in [0.2, 0.25) is 11.8 Å². The number of nitrogens with one attached hydrogen (secondary N) is 1. The Morgan fingerprint density at radius 1 is 1.09 bits per heavy atom. The second-order valence-corrected chi connectivity index (χ2v) is 8.32. The number of piperazine rings is 1. The second-order valence-electron chi connectivity index (χ2n) is 8.32. The van der Waals surface area contributed by atoms with Crippen molar-refractivity contribution in [3.63, 3.8) is 0 Å². The number of hydrogen-bond donors (Lipinski definition) is 1. The van der Waals surface area contributed by atoms with E-state index in [1.165, 1.54) is 5.56 Å². The minimum atomic E-state index is -0.471. The summed E-state index contributed by atoms with van der Waals surface area (Å²) in [5.74, 6) is -0.138. The van der Waals surface area contributed by atoms with Crippen molar-refractivity contribution in [2.45, 2.75) is 25.6 Å². The zero-order valence-electron chi connectivity index (χ0n) is 18.6. The van der Waals surface area contributed by atoms with Crippen molar-refractivity contribution < 1.29 is 9.59 Å². The van der Waals surface area contributed by atoms with Crippen LogP contribution < -0.4 is 5.32 Å². The van der Waals surface area contributed by atoms with Crippen molar-refractivity contribution in [2.75, 3.05) is 20.1 Å². The Kier molecular flexibility index (Phi) is 6.66. The van der Waals surface area contributed by atoms with Gasteiger partial charge in [-0.15, -0.1) is 0 Å². The molecule has 7 nitrogen and oxygen atoms in total. The van der Waals surface area contributed by atoms with Gasteiger partial charge in [-0.1, -0.05) is 54.6 Å². The van der Waals surface area contributed by atoms with E-state index < -0.39 is 6.04 Å². The molecule has 7 heteroatoms. The number of aromatic nitrogens is 2. The Morgan fingerprint density at radius 2 is 1.81 bits per heavy atom. The predicted octanol–water partition coefficient (Wildman–Crippen LogP) is 2.44. The fraction of sp³-hybridized carbons (Fsp3) is 0.320. The molecule has 3 aromatic rings. The summed E-state index contributed by atoms with van der Waals surface area (Å²) in [6, 6.07) is 18.2. The Morgan fingerprint density at radius 3 is 2.50 bits per heavy atom. The molecule has 2 aromatic carbocycles. The van der Waals surface area contributed by atoms with Gasteiger partial charge < -0.3 is 10.2 Å². The molecule has 1 saturated heterocycles. The van der Waals surface area contributed by atoms with E-state index in [0.29, 0.717) is 19.6 Å². The van der Waals surface area contributed by atoms with Gasteiger partial charge in [0.1, 0.15) is 0 Å². The van der Waals surface area contributed by atoms with Gasteiger partial charge in [0.15, 0.2) is 0 Å². The van der Waals surface area contributed by atoms with Crippen molar-refractivity contribution in [3.8, 4) is 11.1 Å². The molecule has 0 aliphatic carbocycles. The summed E-state index contributed by atoms with van der Waals surface area (Å²) >= 11 is 0. The Labute approximate surface area is 188 Å². The molecule has 0 spiro atoms. The molecule has 2 amide bonds. The van der Waals surface area contributed by atoms with Crippen LogP contribution in [0.1, 0.15) is 17.5 Å². The maximum absolute atomic E-state index is 12.9. The molecule has 2 heterocycles. The molecule has 166 valence electrons. The van der Waals surface area contributed by atoms with Crippen molar-refractivity contribution in [1.82, 2.24) is 24.9 Å². The van der Waals surface area contributed by atoms with Gasteiger partial charge in [-0.2, -0.15) is 5.10 Å². The van der Waals surface area contributed by atoms with E-state index >= 15 is 0 Å². The van der Waals surface area contributed by atoms with Crippen molar-refractivity contribution in [3.05, 3.63) is 78.1 Å². The van der Waals surface area contributed by atoms with E-state index in [-0.39, 0.29) is 18.2 Å². The lowest BCUT2D eigenvalue weighted by molar-refractivity contribution is -0.138. The molecular formula is C25H29N5O2. The summed E-state index contributed by atoms with van der Waals surface area (Å²) in [6.07, 6.45) is 3.80. The molecule has 1 aliphatic heterocycles. The molecule has 4 rings (SSSR count). The summed E-state index contributed by atoms with van der Waals surface area (Å²) in [5, 5.41) is 7.06. The molecule has 0 bridgehead atoms. The number of nitrogens with zero attached hydrogens (tertiary/aromatic N) is 4. The van der Waals surface area contributed by atoms with Gasteiger partial charge in [0.25, 0.3) is 0 Å². The molecule has 1 aliphatic rings. The highest BCUT2D eigenvalue weighted by molar-refractivity contribution is 5.88. The van der Waals surface area contributed by atoms with E-state index in [4.69, 9.17) is 0 Å². The summed E-state index contributed by atoms with van der Waals surface area (Å²) in [5.41, 5.74) is 4.43. The lowest BCUT2D eigenvalue weighted by Crippen LogP contribution is -2.56. The van der Waals surface area contributed by atoms with Crippen LogP contribution >= 0.6 is 0 Å². The highest BCUT2D eigenvalue weighted by atomic mass is 16.2. The normalized spacial score (nSPS) is 16.6. The minimum Gasteiger partial charge on any atom is -0.353 e. The van der Waals surface area contributed by atoms with E-state index in [1.807, 2.05) is 31.4 Å². The quantitative estimate of drug-likeness (QED) is 0.624. The van der Waals surface area contributed by atoms with Crippen molar-refractivity contribution in [2.24, 2.45) is 7.05 Å². The van der Waals surface area contributed by atoms with Gasteiger partial charge in [-0.25, -0.2) is 0 Å². The fourth-order valence-corrected chi connectivity index (χ4v) is 4.08.